The van der Waals surface area contributed by atoms with Crippen LogP contribution in [-0.2, 0) is 17.4 Å². The van der Waals surface area contributed by atoms with Gasteiger partial charge in [-0.15, -0.1) is 0 Å². The number of piperazine rings is 1. The van der Waals surface area contributed by atoms with Gasteiger partial charge in [-0.25, -0.2) is 15.0 Å². The van der Waals surface area contributed by atoms with E-state index < -0.39 is 18.4 Å². The minimum Gasteiger partial charge on any atom is -0.435 e. The maximum absolute atomic E-state index is 14.1. The molecular weight excluding hydrogens is 511 g/mol. The van der Waals surface area contributed by atoms with Gasteiger partial charge in [0.15, 0.2) is 0 Å². The quantitative estimate of drug-likeness (QED) is 0.374. The Balaban J connectivity index is 1.57. The standard InChI is InChI=1S/C25H21F5N6O2/c1-14-19(8-15-4-2-3-5-20(15)38-23(26)27)36-12-17(18(25(28,29)30)9-21(36)34-14)16-10-32-24(33-11-16)35-7-6-31-22(37)13-35/h2-5,9-12,23H,6-8,13H2,1H3,(H,31,37). The Bertz CT molecular complexity index is 1490. The summed E-state index contributed by atoms with van der Waals surface area (Å²) in [5, 5.41) is 2.68. The molecule has 0 unspecified atom stereocenters. The molecule has 8 nitrogen and oxygen atoms in total. The van der Waals surface area contributed by atoms with Crippen LogP contribution in [0.25, 0.3) is 16.8 Å². The number of pyridine rings is 1. The Labute approximate surface area is 213 Å². The number of hydrogen-bond donors (Lipinski definition) is 1. The zero-order chi connectivity index (χ0) is 27.0. The molecule has 4 aromatic rings. The van der Waals surface area contributed by atoms with Gasteiger partial charge < -0.3 is 19.4 Å². The molecule has 1 aliphatic rings. The Kier molecular flexibility index (Phi) is 6.59. The van der Waals surface area contributed by atoms with Crippen molar-refractivity contribution in [3.63, 3.8) is 0 Å². The highest BCUT2D eigenvalue weighted by atomic mass is 19.4. The van der Waals surface area contributed by atoms with Crippen molar-refractivity contribution in [1.29, 1.82) is 0 Å². The van der Waals surface area contributed by atoms with Gasteiger partial charge in [-0.05, 0) is 19.1 Å². The van der Waals surface area contributed by atoms with E-state index in [9.17, 15) is 26.7 Å². The molecule has 1 amide bonds. The highest BCUT2D eigenvalue weighted by Crippen LogP contribution is 2.38. The molecule has 4 heterocycles. The van der Waals surface area contributed by atoms with Crippen molar-refractivity contribution in [2.45, 2.75) is 26.1 Å². The molecule has 0 aliphatic carbocycles. The molecule has 0 radical (unpaired) electrons. The second kappa shape index (κ2) is 9.88. The lowest BCUT2D eigenvalue weighted by Crippen LogP contribution is -2.48. The number of amides is 1. The number of fused-ring (bicyclic) bond motifs is 1. The number of carbonyl (C=O) groups is 1. The van der Waals surface area contributed by atoms with Crippen molar-refractivity contribution in [3.05, 3.63) is 71.4 Å². The molecule has 1 N–H and O–H groups in total. The van der Waals surface area contributed by atoms with Crippen molar-refractivity contribution >= 4 is 17.5 Å². The van der Waals surface area contributed by atoms with Crippen LogP contribution in [0.15, 0.2) is 48.9 Å². The smallest absolute Gasteiger partial charge is 0.417 e. The number of aromatic nitrogens is 4. The van der Waals surface area contributed by atoms with E-state index in [0.29, 0.717) is 30.0 Å². The van der Waals surface area contributed by atoms with Crippen LogP contribution in [0.4, 0.5) is 27.9 Å². The van der Waals surface area contributed by atoms with E-state index in [1.807, 2.05) is 0 Å². The van der Waals surface area contributed by atoms with Gasteiger partial charge in [-0.2, -0.15) is 22.0 Å². The van der Waals surface area contributed by atoms with E-state index >= 15 is 0 Å². The lowest BCUT2D eigenvalue weighted by Gasteiger charge is -2.26. The normalized spacial score (nSPS) is 14.3. The van der Waals surface area contributed by atoms with Crippen LogP contribution in [0.5, 0.6) is 5.75 Å². The Morgan fingerprint density at radius 2 is 1.89 bits per heavy atom. The number of imidazole rings is 1. The van der Waals surface area contributed by atoms with Crippen LogP contribution in [0, 0.1) is 6.92 Å². The summed E-state index contributed by atoms with van der Waals surface area (Å²) >= 11 is 0. The molecule has 1 aromatic carbocycles. The highest BCUT2D eigenvalue weighted by Gasteiger charge is 2.35. The first-order chi connectivity index (χ1) is 18.1. The first-order valence-corrected chi connectivity index (χ1v) is 11.6. The summed E-state index contributed by atoms with van der Waals surface area (Å²) in [6, 6.07) is 7.16. The minimum absolute atomic E-state index is 0.0284. The third kappa shape index (κ3) is 5.08. The maximum Gasteiger partial charge on any atom is 0.417 e. The second-order valence-electron chi connectivity index (χ2n) is 8.68. The van der Waals surface area contributed by atoms with E-state index in [4.69, 9.17) is 0 Å². The number of nitrogens with zero attached hydrogens (tertiary/aromatic N) is 5. The molecule has 38 heavy (non-hydrogen) atoms. The van der Waals surface area contributed by atoms with Gasteiger partial charge in [0, 0.05) is 60.5 Å². The topological polar surface area (TPSA) is 84.7 Å². The van der Waals surface area contributed by atoms with Gasteiger partial charge in [0.2, 0.25) is 11.9 Å². The summed E-state index contributed by atoms with van der Waals surface area (Å²) < 4.78 is 74.2. The molecule has 198 valence electrons. The number of aryl methyl sites for hydroxylation is 1. The number of alkyl halides is 5. The van der Waals surface area contributed by atoms with E-state index in [-0.39, 0.29) is 47.3 Å². The van der Waals surface area contributed by atoms with Gasteiger partial charge in [-0.3, -0.25) is 4.79 Å². The molecule has 13 heteroatoms. The lowest BCUT2D eigenvalue weighted by atomic mass is 10.0. The summed E-state index contributed by atoms with van der Waals surface area (Å²) in [6.07, 6.45) is -0.747. The zero-order valence-corrected chi connectivity index (χ0v) is 20.0. The van der Waals surface area contributed by atoms with Crippen LogP contribution in [0.3, 0.4) is 0 Å². The number of anilines is 1. The van der Waals surface area contributed by atoms with Crippen LogP contribution in [0.2, 0.25) is 0 Å². The highest BCUT2D eigenvalue weighted by molar-refractivity contribution is 5.82. The van der Waals surface area contributed by atoms with Gasteiger partial charge in [0.25, 0.3) is 0 Å². The first-order valence-electron chi connectivity index (χ1n) is 11.6. The monoisotopic (exact) mass is 532 g/mol. The number of carbonyl (C=O) groups excluding carboxylic acids is 1. The minimum atomic E-state index is -4.70. The number of para-hydroxylation sites is 1. The average Bonchev–Trinajstić information content (AvgIpc) is 3.17. The summed E-state index contributed by atoms with van der Waals surface area (Å²) in [5.41, 5.74) is 0.452. The number of halogens is 5. The lowest BCUT2D eigenvalue weighted by molar-refractivity contribution is -0.137. The Morgan fingerprint density at radius 1 is 1.16 bits per heavy atom. The summed E-state index contributed by atoms with van der Waals surface area (Å²) in [4.78, 5) is 26.0. The van der Waals surface area contributed by atoms with E-state index in [0.717, 1.165) is 6.07 Å². The summed E-state index contributed by atoms with van der Waals surface area (Å²) in [5.74, 6) is 0.00433. The van der Waals surface area contributed by atoms with Gasteiger partial charge in [-0.1, -0.05) is 18.2 Å². The van der Waals surface area contributed by atoms with Crippen molar-refractivity contribution < 1.29 is 31.5 Å². The van der Waals surface area contributed by atoms with Crippen LogP contribution in [-0.4, -0.2) is 51.5 Å². The molecule has 1 aliphatic heterocycles. The molecule has 3 aromatic heterocycles. The van der Waals surface area contributed by atoms with E-state index in [1.165, 1.54) is 29.1 Å². The van der Waals surface area contributed by atoms with Gasteiger partial charge in [0.05, 0.1) is 17.8 Å². The van der Waals surface area contributed by atoms with Crippen molar-refractivity contribution in [1.82, 2.24) is 24.7 Å². The maximum atomic E-state index is 14.1. The molecule has 5 rings (SSSR count). The molecular formula is C25H21F5N6O2. The van der Waals surface area contributed by atoms with Gasteiger partial charge >= 0.3 is 12.8 Å². The number of rotatable bonds is 6. The summed E-state index contributed by atoms with van der Waals surface area (Å²) in [7, 11) is 0. The predicted octanol–water partition coefficient (Wildman–Crippen LogP) is 4.25. The van der Waals surface area contributed by atoms with E-state index in [2.05, 4.69) is 25.0 Å². The summed E-state index contributed by atoms with van der Waals surface area (Å²) in [6.45, 7) is -0.457. The number of nitrogens with one attached hydrogen (secondary N) is 1. The molecule has 1 fully saturated rings. The Morgan fingerprint density at radius 3 is 2.58 bits per heavy atom. The third-order valence-corrected chi connectivity index (χ3v) is 6.18. The van der Waals surface area contributed by atoms with E-state index in [1.54, 1.807) is 30.0 Å². The molecule has 1 saturated heterocycles. The van der Waals surface area contributed by atoms with Crippen LogP contribution in [0.1, 0.15) is 22.5 Å². The second-order valence-corrected chi connectivity index (χ2v) is 8.68. The van der Waals surface area contributed by atoms with Gasteiger partial charge in [0.1, 0.15) is 11.4 Å². The first kappa shape index (κ1) is 25.4. The van der Waals surface area contributed by atoms with Crippen molar-refractivity contribution in [3.8, 4) is 16.9 Å². The predicted molar refractivity (Wildman–Crippen MR) is 127 cm³/mol. The molecule has 0 atom stereocenters. The largest absolute Gasteiger partial charge is 0.435 e. The fourth-order valence-corrected chi connectivity index (χ4v) is 4.41. The number of hydrogen-bond acceptors (Lipinski definition) is 6. The average molecular weight is 532 g/mol. The van der Waals surface area contributed by atoms with Crippen LogP contribution >= 0.6 is 0 Å². The zero-order valence-electron chi connectivity index (χ0n) is 20.0. The number of ether oxygens (including phenoxy) is 1. The van der Waals surface area contributed by atoms with Crippen LogP contribution < -0.4 is 15.0 Å². The Hall–Kier alpha value is -4.29. The SMILES string of the molecule is Cc1nc2cc(C(F)(F)F)c(-c3cnc(N4CCNC(=O)C4)nc3)cn2c1Cc1ccccc1OC(F)F. The number of benzene rings is 1. The van der Waals surface area contributed by atoms with Crippen molar-refractivity contribution in [2.24, 2.45) is 0 Å². The third-order valence-electron chi connectivity index (χ3n) is 6.18. The molecule has 0 spiro atoms. The fraction of sp³-hybridized carbons (Fsp3) is 0.280. The van der Waals surface area contributed by atoms with Crippen molar-refractivity contribution in [2.75, 3.05) is 24.5 Å². The molecule has 0 saturated carbocycles. The molecule has 0 bridgehead atoms. The fourth-order valence-electron chi connectivity index (χ4n) is 4.41.